The molecular formula is C49H90O5. The van der Waals surface area contributed by atoms with Gasteiger partial charge in [-0.1, -0.05) is 217 Å². The molecule has 1 atom stereocenters. The van der Waals surface area contributed by atoms with Crippen molar-refractivity contribution in [3.05, 3.63) is 36.5 Å². The first-order valence-electron chi connectivity index (χ1n) is 23.5. The van der Waals surface area contributed by atoms with Gasteiger partial charge in [-0.25, -0.2) is 0 Å². The van der Waals surface area contributed by atoms with Gasteiger partial charge in [-0.2, -0.15) is 0 Å². The van der Waals surface area contributed by atoms with Crippen LogP contribution in [0.25, 0.3) is 0 Å². The standard InChI is InChI=1S/C49H90O5/c1-3-5-7-9-11-13-15-17-19-21-22-23-24-25-26-28-29-31-33-35-37-39-41-43-48(51)53-46-47(45-50)54-49(52)44-42-40-38-36-34-32-30-27-20-18-16-14-12-10-8-6-4-2/h12,14,18,20,30,32,47,50H,3-11,13,15-17,19,21-29,31,33-46H2,1-2H3/b14-12+,20-18+,32-30+/t47-/m0/s1. The molecule has 0 aliphatic heterocycles. The molecule has 5 nitrogen and oxygen atoms in total. The average molecular weight is 759 g/mol. The van der Waals surface area contributed by atoms with Crippen LogP contribution >= 0.6 is 0 Å². The van der Waals surface area contributed by atoms with E-state index < -0.39 is 6.10 Å². The second-order valence-electron chi connectivity index (χ2n) is 15.8. The second-order valence-corrected chi connectivity index (χ2v) is 15.8. The highest BCUT2D eigenvalue weighted by molar-refractivity contribution is 5.70. The summed E-state index contributed by atoms with van der Waals surface area (Å²) in [7, 11) is 0. The van der Waals surface area contributed by atoms with Gasteiger partial charge in [0.15, 0.2) is 6.10 Å². The van der Waals surface area contributed by atoms with Crippen molar-refractivity contribution in [3.63, 3.8) is 0 Å². The molecule has 0 fully saturated rings. The zero-order valence-electron chi connectivity index (χ0n) is 36.0. The van der Waals surface area contributed by atoms with Gasteiger partial charge in [0, 0.05) is 12.8 Å². The number of aliphatic hydroxyl groups is 1. The second kappa shape index (κ2) is 45.5. The van der Waals surface area contributed by atoms with Gasteiger partial charge in [0.25, 0.3) is 0 Å². The molecule has 0 spiro atoms. The molecular weight excluding hydrogens is 669 g/mol. The number of rotatable bonds is 43. The third kappa shape index (κ3) is 42.9. The van der Waals surface area contributed by atoms with Crippen molar-refractivity contribution in [1.29, 1.82) is 0 Å². The van der Waals surface area contributed by atoms with Gasteiger partial charge in [0.1, 0.15) is 6.61 Å². The van der Waals surface area contributed by atoms with Gasteiger partial charge in [0.05, 0.1) is 6.61 Å². The lowest BCUT2D eigenvalue weighted by atomic mass is 10.0. The van der Waals surface area contributed by atoms with Crippen molar-refractivity contribution in [2.45, 2.75) is 251 Å². The van der Waals surface area contributed by atoms with E-state index in [1.807, 2.05) is 0 Å². The minimum Gasteiger partial charge on any atom is -0.462 e. The van der Waals surface area contributed by atoms with Crippen molar-refractivity contribution in [3.8, 4) is 0 Å². The summed E-state index contributed by atoms with van der Waals surface area (Å²) >= 11 is 0. The van der Waals surface area contributed by atoms with Crippen LogP contribution in [-0.4, -0.2) is 36.4 Å². The lowest BCUT2D eigenvalue weighted by Gasteiger charge is -2.15. The minimum absolute atomic E-state index is 0.0717. The van der Waals surface area contributed by atoms with Crippen LogP contribution in [0.15, 0.2) is 36.5 Å². The Labute approximate surface area is 336 Å². The third-order valence-electron chi connectivity index (χ3n) is 10.4. The Kier molecular flexibility index (Phi) is 43.9. The molecule has 0 bridgehead atoms. The molecule has 0 aliphatic rings. The summed E-state index contributed by atoms with van der Waals surface area (Å²) in [5, 5.41) is 9.59. The number of allylic oxidation sites excluding steroid dienone is 6. The normalized spacial score (nSPS) is 12.4. The van der Waals surface area contributed by atoms with E-state index in [-0.39, 0.29) is 25.2 Å². The van der Waals surface area contributed by atoms with E-state index in [9.17, 15) is 14.7 Å². The highest BCUT2D eigenvalue weighted by Crippen LogP contribution is 2.16. The summed E-state index contributed by atoms with van der Waals surface area (Å²) in [5.74, 6) is -0.606. The number of carbonyl (C=O) groups excluding carboxylic acids is 2. The number of aliphatic hydroxyl groups excluding tert-OH is 1. The van der Waals surface area contributed by atoms with E-state index in [1.165, 1.54) is 154 Å². The van der Waals surface area contributed by atoms with Crippen LogP contribution in [-0.2, 0) is 19.1 Å². The van der Waals surface area contributed by atoms with Crippen molar-refractivity contribution in [2.24, 2.45) is 0 Å². The van der Waals surface area contributed by atoms with Crippen LogP contribution in [0.2, 0.25) is 0 Å². The monoisotopic (exact) mass is 759 g/mol. The minimum atomic E-state index is -0.781. The number of hydrogen-bond acceptors (Lipinski definition) is 5. The highest BCUT2D eigenvalue weighted by Gasteiger charge is 2.16. The summed E-state index contributed by atoms with van der Waals surface area (Å²) < 4.78 is 10.6. The largest absolute Gasteiger partial charge is 0.462 e. The van der Waals surface area contributed by atoms with Gasteiger partial charge in [-0.3, -0.25) is 9.59 Å². The maximum atomic E-state index is 12.2. The van der Waals surface area contributed by atoms with Gasteiger partial charge >= 0.3 is 11.9 Å². The average Bonchev–Trinajstić information content (AvgIpc) is 3.17. The predicted molar refractivity (Wildman–Crippen MR) is 233 cm³/mol. The maximum Gasteiger partial charge on any atom is 0.306 e. The van der Waals surface area contributed by atoms with E-state index in [0.29, 0.717) is 12.8 Å². The summed E-state index contributed by atoms with van der Waals surface area (Å²) in [5.41, 5.74) is 0. The van der Waals surface area contributed by atoms with E-state index in [2.05, 4.69) is 50.3 Å². The number of carbonyl (C=O) groups is 2. The van der Waals surface area contributed by atoms with Gasteiger partial charge < -0.3 is 14.6 Å². The van der Waals surface area contributed by atoms with E-state index >= 15 is 0 Å². The molecule has 0 unspecified atom stereocenters. The smallest absolute Gasteiger partial charge is 0.306 e. The highest BCUT2D eigenvalue weighted by atomic mass is 16.6. The molecule has 0 radical (unpaired) electrons. The van der Waals surface area contributed by atoms with Crippen molar-refractivity contribution in [1.82, 2.24) is 0 Å². The molecule has 0 aromatic rings. The number of unbranched alkanes of at least 4 members (excludes halogenated alkanes) is 29. The molecule has 0 aromatic carbocycles. The van der Waals surface area contributed by atoms with Crippen LogP contribution in [0.1, 0.15) is 245 Å². The Morgan fingerprint density at radius 2 is 0.741 bits per heavy atom. The molecule has 1 N–H and O–H groups in total. The first kappa shape index (κ1) is 52.1. The fourth-order valence-corrected chi connectivity index (χ4v) is 6.86. The summed E-state index contributed by atoms with van der Waals surface area (Å²) in [4.78, 5) is 24.4. The lowest BCUT2D eigenvalue weighted by Crippen LogP contribution is -2.28. The summed E-state index contributed by atoms with van der Waals surface area (Å²) in [6, 6.07) is 0. The van der Waals surface area contributed by atoms with Crippen LogP contribution in [0.5, 0.6) is 0 Å². The summed E-state index contributed by atoms with van der Waals surface area (Å²) in [6.45, 7) is 4.12. The van der Waals surface area contributed by atoms with Gasteiger partial charge in [-0.05, 0) is 51.4 Å². The molecule has 54 heavy (non-hydrogen) atoms. The van der Waals surface area contributed by atoms with E-state index in [1.54, 1.807) is 0 Å². The Bertz CT molecular complexity index is 862. The van der Waals surface area contributed by atoms with E-state index in [4.69, 9.17) is 9.47 Å². The molecule has 0 saturated carbocycles. The Hall–Kier alpha value is -1.88. The Morgan fingerprint density at radius 3 is 1.15 bits per heavy atom. The Morgan fingerprint density at radius 1 is 0.426 bits per heavy atom. The zero-order chi connectivity index (χ0) is 39.3. The molecule has 0 aromatic heterocycles. The molecule has 0 heterocycles. The van der Waals surface area contributed by atoms with Crippen molar-refractivity contribution < 1.29 is 24.2 Å². The first-order valence-corrected chi connectivity index (χ1v) is 23.5. The number of esters is 2. The van der Waals surface area contributed by atoms with E-state index in [0.717, 1.165) is 64.2 Å². The number of ether oxygens (including phenoxy) is 2. The van der Waals surface area contributed by atoms with Crippen LogP contribution in [0.4, 0.5) is 0 Å². The summed E-state index contributed by atoms with van der Waals surface area (Å²) in [6.07, 6.45) is 56.6. The SMILES string of the molecule is CCCCC/C=C/C/C=C/C/C=C/CCCCCCC(=O)O[C@@H](CO)COC(=O)CCCCCCCCCCCCCCCCCCCCCCCCC. The van der Waals surface area contributed by atoms with Gasteiger partial charge in [-0.15, -0.1) is 0 Å². The van der Waals surface area contributed by atoms with Gasteiger partial charge in [0.2, 0.25) is 0 Å². The van der Waals surface area contributed by atoms with Crippen molar-refractivity contribution >= 4 is 11.9 Å². The van der Waals surface area contributed by atoms with Crippen molar-refractivity contribution in [2.75, 3.05) is 13.2 Å². The third-order valence-corrected chi connectivity index (χ3v) is 10.4. The number of hydrogen-bond donors (Lipinski definition) is 1. The molecule has 5 heteroatoms. The van der Waals surface area contributed by atoms with Crippen LogP contribution in [0, 0.1) is 0 Å². The lowest BCUT2D eigenvalue weighted by molar-refractivity contribution is -0.161. The molecule has 0 aliphatic carbocycles. The Balaban J connectivity index is 3.50. The molecule has 0 rings (SSSR count). The maximum absolute atomic E-state index is 12.2. The fourth-order valence-electron chi connectivity index (χ4n) is 6.86. The fraction of sp³-hybridized carbons (Fsp3) is 0.837. The quantitative estimate of drug-likeness (QED) is 0.0381. The predicted octanol–water partition coefficient (Wildman–Crippen LogP) is 15.2. The molecule has 0 saturated heterocycles. The molecule has 0 amide bonds. The van der Waals surface area contributed by atoms with Crippen LogP contribution < -0.4 is 0 Å². The van der Waals surface area contributed by atoms with Crippen LogP contribution in [0.3, 0.4) is 0 Å². The molecule has 316 valence electrons. The first-order chi connectivity index (χ1) is 26.6. The zero-order valence-corrected chi connectivity index (χ0v) is 36.0. The topological polar surface area (TPSA) is 72.8 Å².